The van der Waals surface area contributed by atoms with Gasteiger partial charge in [0.15, 0.2) is 0 Å². The maximum atomic E-state index is 10.9. The van der Waals surface area contributed by atoms with Crippen LogP contribution in [0.15, 0.2) is 17.2 Å². The number of ether oxygens (including phenoxy) is 1. The van der Waals surface area contributed by atoms with Gasteiger partial charge in [-0.05, 0) is 6.42 Å². The summed E-state index contributed by atoms with van der Waals surface area (Å²) in [6.45, 7) is 1.89. The van der Waals surface area contributed by atoms with Crippen molar-refractivity contribution in [1.29, 1.82) is 0 Å². The van der Waals surface area contributed by atoms with Gasteiger partial charge in [-0.3, -0.25) is 4.98 Å². The summed E-state index contributed by atoms with van der Waals surface area (Å²) in [5.74, 6) is 1.59. The Kier molecular flexibility index (Phi) is 3.23. The molecule has 3 N–H and O–H groups in total. The standard InChI is InChI=1S/C11H14N6O2/c18-11-15-10(16-17-11)4-12-9-3-8(13-6-14-9)7-1-2-19-5-7/h3,6-7H,1-2,4-5H2,(H,12,13,14)(H2,15,16,17,18)/t7-/m1/s1. The topological polar surface area (TPSA) is 109 Å². The highest BCUT2D eigenvalue weighted by atomic mass is 16.5. The number of aromatic nitrogens is 5. The zero-order valence-electron chi connectivity index (χ0n) is 10.2. The Bertz CT molecular complexity index is 601. The van der Waals surface area contributed by atoms with E-state index in [4.69, 9.17) is 4.74 Å². The van der Waals surface area contributed by atoms with Gasteiger partial charge in [-0.1, -0.05) is 0 Å². The van der Waals surface area contributed by atoms with Crippen molar-refractivity contribution in [3.8, 4) is 0 Å². The molecule has 1 aliphatic heterocycles. The molecular formula is C11H14N6O2. The second-order valence-corrected chi connectivity index (χ2v) is 4.37. The third-order valence-electron chi connectivity index (χ3n) is 3.02. The first-order valence-corrected chi connectivity index (χ1v) is 6.08. The van der Waals surface area contributed by atoms with E-state index < -0.39 is 0 Å². The van der Waals surface area contributed by atoms with Gasteiger partial charge in [0.1, 0.15) is 18.0 Å². The largest absolute Gasteiger partial charge is 0.381 e. The van der Waals surface area contributed by atoms with Crippen LogP contribution in [0.4, 0.5) is 5.82 Å². The van der Waals surface area contributed by atoms with Gasteiger partial charge in [-0.25, -0.2) is 19.9 Å². The molecule has 3 heterocycles. The van der Waals surface area contributed by atoms with Crippen molar-refractivity contribution in [2.75, 3.05) is 18.5 Å². The first kappa shape index (κ1) is 11.8. The Hall–Kier alpha value is -2.22. The predicted octanol–water partition coefficient (Wildman–Crippen LogP) is 0.00400. The molecule has 0 bridgehead atoms. The number of rotatable bonds is 4. The third-order valence-corrected chi connectivity index (χ3v) is 3.02. The zero-order valence-corrected chi connectivity index (χ0v) is 10.2. The highest BCUT2D eigenvalue weighted by Gasteiger charge is 2.19. The number of nitrogens with zero attached hydrogens (tertiary/aromatic N) is 3. The van der Waals surface area contributed by atoms with Gasteiger partial charge in [-0.15, -0.1) is 0 Å². The van der Waals surface area contributed by atoms with Crippen LogP contribution in [0.25, 0.3) is 0 Å². The predicted molar refractivity (Wildman–Crippen MR) is 66.7 cm³/mol. The number of H-pyrrole nitrogens is 2. The van der Waals surface area contributed by atoms with Crippen molar-refractivity contribution in [1.82, 2.24) is 25.1 Å². The lowest BCUT2D eigenvalue weighted by atomic mass is 10.1. The van der Waals surface area contributed by atoms with E-state index in [1.165, 1.54) is 6.33 Å². The number of hydrogen-bond donors (Lipinski definition) is 3. The molecule has 2 aromatic rings. The fraction of sp³-hybridized carbons (Fsp3) is 0.455. The monoisotopic (exact) mass is 262 g/mol. The van der Waals surface area contributed by atoms with Gasteiger partial charge in [0.2, 0.25) is 0 Å². The smallest absolute Gasteiger partial charge is 0.340 e. The number of anilines is 1. The molecule has 0 unspecified atom stereocenters. The molecular weight excluding hydrogens is 248 g/mol. The SMILES string of the molecule is O=c1[nH]nc(CNc2cc([C@@H]3CCOC3)ncn2)[nH]1. The van der Waals surface area contributed by atoms with Crippen LogP contribution in [0.3, 0.4) is 0 Å². The second kappa shape index (κ2) is 5.19. The van der Waals surface area contributed by atoms with Gasteiger partial charge < -0.3 is 10.1 Å². The molecule has 0 saturated carbocycles. The summed E-state index contributed by atoms with van der Waals surface area (Å²) in [6.07, 6.45) is 2.52. The Morgan fingerprint density at radius 2 is 2.42 bits per heavy atom. The molecule has 8 heteroatoms. The van der Waals surface area contributed by atoms with Crippen LogP contribution in [-0.2, 0) is 11.3 Å². The van der Waals surface area contributed by atoms with Gasteiger partial charge in [0, 0.05) is 18.6 Å². The van der Waals surface area contributed by atoms with Crippen LogP contribution in [0.5, 0.6) is 0 Å². The minimum Gasteiger partial charge on any atom is -0.381 e. The van der Waals surface area contributed by atoms with Crippen LogP contribution in [0, 0.1) is 0 Å². The van der Waals surface area contributed by atoms with Crippen molar-refractivity contribution >= 4 is 5.82 Å². The molecule has 0 radical (unpaired) electrons. The normalized spacial score (nSPS) is 18.6. The highest BCUT2D eigenvalue weighted by Crippen LogP contribution is 2.24. The molecule has 0 aromatic carbocycles. The molecule has 100 valence electrons. The summed E-state index contributed by atoms with van der Waals surface area (Å²) >= 11 is 0. The molecule has 19 heavy (non-hydrogen) atoms. The summed E-state index contributed by atoms with van der Waals surface area (Å²) in [5.41, 5.74) is 0.661. The second-order valence-electron chi connectivity index (χ2n) is 4.37. The van der Waals surface area contributed by atoms with Gasteiger partial charge in [0.05, 0.1) is 18.8 Å². The summed E-state index contributed by atoms with van der Waals surface area (Å²) in [5, 5.41) is 9.22. The van der Waals surface area contributed by atoms with Crippen LogP contribution in [0.1, 0.15) is 23.9 Å². The molecule has 8 nitrogen and oxygen atoms in total. The van der Waals surface area contributed by atoms with Crippen molar-refractivity contribution < 1.29 is 4.74 Å². The first-order valence-electron chi connectivity index (χ1n) is 6.08. The molecule has 3 rings (SSSR count). The lowest BCUT2D eigenvalue weighted by Gasteiger charge is -2.08. The van der Waals surface area contributed by atoms with Crippen molar-refractivity contribution in [2.45, 2.75) is 18.9 Å². The Morgan fingerprint density at radius 3 is 3.16 bits per heavy atom. The van der Waals surface area contributed by atoms with E-state index in [1.807, 2.05) is 6.07 Å². The molecule has 1 saturated heterocycles. The lowest BCUT2D eigenvalue weighted by molar-refractivity contribution is 0.193. The zero-order chi connectivity index (χ0) is 13.1. The fourth-order valence-corrected chi connectivity index (χ4v) is 2.02. The maximum Gasteiger partial charge on any atom is 0.340 e. The molecule has 1 fully saturated rings. The average molecular weight is 262 g/mol. The summed E-state index contributed by atoms with van der Waals surface area (Å²) in [7, 11) is 0. The van der Waals surface area contributed by atoms with E-state index in [0.717, 1.165) is 18.7 Å². The summed E-state index contributed by atoms with van der Waals surface area (Å²) < 4.78 is 5.35. The fourth-order valence-electron chi connectivity index (χ4n) is 2.02. The minimum atomic E-state index is -0.316. The molecule has 0 amide bonds. The molecule has 1 aliphatic rings. The third kappa shape index (κ3) is 2.79. The van der Waals surface area contributed by atoms with Crippen LogP contribution in [0.2, 0.25) is 0 Å². The average Bonchev–Trinajstić information content (AvgIpc) is 3.08. The Morgan fingerprint density at radius 1 is 1.47 bits per heavy atom. The minimum absolute atomic E-state index is 0.316. The van der Waals surface area contributed by atoms with Crippen molar-refractivity contribution in [2.24, 2.45) is 0 Å². The highest BCUT2D eigenvalue weighted by molar-refractivity contribution is 5.36. The van der Waals surface area contributed by atoms with E-state index in [0.29, 0.717) is 30.7 Å². The van der Waals surface area contributed by atoms with Crippen molar-refractivity contribution in [3.05, 3.63) is 34.4 Å². The maximum absolute atomic E-state index is 10.9. The van der Waals surface area contributed by atoms with E-state index in [-0.39, 0.29) is 5.69 Å². The Balaban J connectivity index is 1.67. The van der Waals surface area contributed by atoms with Gasteiger partial charge >= 0.3 is 5.69 Å². The van der Waals surface area contributed by atoms with E-state index in [2.05, 4.69) is 30.5 Å². The number of aromatic amines is 2. The summed E-state index contributed by atoms with van der Waals surface area (Å²) in [6, 6.07) is 1.91. The van der Waals surface area contributed by atoms with Crippen molar-refractivity contribution in [3.63, 3.8) is 0 Å². The summed E-state index contributed by atoms with van der Waals surface area (Å²) in [4.78, 5) is 21.9. The molecule has 1 atom stereocenters. The van der Waals surface area contributed by atoms with E-state index in [1.54, 1.807) is 0 Å². The van der Waals surface area contributed by atoms with Crippen LogP contribution in [-0.4, -0.2) is 38.4 Å². The Labute approximate surface area is 108 Å². The quantitative estimate of drug-likeness (QED) is 0.716. The van der Waals surface area contributed by atoms with Gasteiger partial charge in [-0.2, -0.15) is 5.10 Å². The van der Waals surface area contributed by atoms with E-state index >= 15 is 0 Å². The molecule has 0 spiro atoms. The number of nitrogens with one attached hydrogen (secondary N) is 3. The lowest BCUT2D eigenvalue weighted by Crippen LogP contribution is -2.07. The molecule has 2 aromatic heterocycles. The van der Waals surface area contributed by atoms with E-state index in [9.17, 15) is 4.79 Å². The van der Waals surface area contributed by atoms with Gasteiger partial charge in [0.25, 0.3) is 0 Å². The number of hydrogen-bond acceptors (Lipinski definition) is 6. The van der Waals surface area contributed by atoms with Crippen LogP contribution < -0.4 is 11.0 Å². The molecule has 0 aliphatic carbocycles. The first-order chi connectivity index (χ1) is 9.31. The van der Waals surface area contributed by atoms with Crippen LogP contribution >= 0.6 is 0 Å².